The third-order valence-corrected chi connectivity index (χ3v) is 5.07. The van der Waals surface area contributed by atoms with Gasteiger partial charge in [0.25, 0.3) is 0 Å². The van der Waals surface area contributed by atoms with Gasteiger partial charge < -0.3 is 14.7 Å². The Balaban J connectivity index is 1.75. The van der Waals surface area contributed by atoms with Crippen LogP contribution in [0.4, 0.5) is 0 Å². The first-order valence-electron chi connectivity index (χ1n) is 9.74. The topological polar surface area (TPSA) is 80.5 Å². The van der Waals surface area contributed by atoms with Gasteiger partial charge in [0.15, 0.2) is 5.71 Å². The molecule has 0 unspecified atom stereocenters. The van der Waals surface area contributed by atoms with Gasteiger partial charge in [0.2, 0.25) is 0 Å². The number of nitrogens with zero attached hydrogens (tertiary/aromatic N) is 2. The maximum atomic E-state index is 12.0. The van der Waals surface area contributed by atoms with Crippen molar-refractivity contribution in [3.8, 4) is 0 Å². The minimum atomic E-state index is -0.611. The molecule has 6 nitrogen and oxygen atoms in total. The van der Waals surface area contributed by atoms with Crippen LogP contribution in [0.3, 0.4) is 0 Å². The molecule has 2 aromatic rings. The van der Waals surface area contributed by atoms with Crippen molar-refractivity contribution in [2.45, 2.75) is 39.2 Å². The summed E-state index contributed by atoms with van der Waals surface area (Å²) in [6.07, 6.45) is 4.76. The molecule has 0 saturated heterocycles. The summed E-state index contributed by atoms with van der Waals surface area (Å²) < 4.78 is 4.77. The van der Waals surface area contributed by atoms with Crippen molar-refractivity contribution in [3.63, 3.8) is 0 Å². The molecule has 3 rings (SSSR count). The number of hydrogen-bond acceptors (Lipinski definition) is 6. The predicted octanol–water partition coefficient (Wildman–Crippen LogP) is 3.42. The third-order valence-electron chi connectivity index (χ3n) is 5.07. The second-order valence-electron chi connectivity index (χ2n) is 6.94. The van der Waals surface area contributed by atoms with Crippen LogP contribution in [0.5, 0.6) is 0 Å². The number of oxime groups is 1. The first kappa shape index (κ1) is 20.7. The number of methoxy groups -OCH3 is 1. The summed E-state index contributed by atoms with van der Waals surface area (Å²) in [7, 11) is 1.28. The molecule has 0 amide bonds. The Labute approximate surface area is 170 Å². The van der Waals surface area contributed by atoms with Gasteiger partial charge in [-0.25, -0.2) is 9.79 Å². The first-order valence-corrected chi connectivity index (χ1v) is 9.74. The van der Waals surface area contributed by atoms with Crippen molar-refractivity contribution in [1.82, 2.24) is 0 Å². The van der Waals surface area contributed by atoms with E-state index in [0.29, 0.717) is 5.56 Å². The zero-order valence-corrected chi connectivity index (χ0v) is 16.9. The number of benzene rings is 2. The quantitative estimate of drug-likeness (QED) is 0.443. The van der Waals surface area contributed by atoms with Crippen molar-refractivity contribution in [2.75, 3.05) is 13.8 Å². The third kappa shape index (κ3) is 5.09. The minimum Gasteiger partial charge on any atom is -0.464 e. The second kappa shape index (κ2) is 9.98. The van der Waals surface area contributed by atoms with Crippen LogP contribution in [0.1, 0.15) is 47.6 Å². The van der Waals surface area contributed by atoms with Gasteiger partial charge >= 0.3 is 5.97 Å². The number of aliphatic imine (C=N–C) groups is 1. The van der Waals surface area contributed by atoms with Crippen molar-refractivity contribution >= 4 is 17.4 Å². The number of carbonyl (C=O) groups excluding carboxylic acids is 1. The molecule has 2 aromatic carbocycles. The van der Waals surface area contributed by atoms with Crippen LogP contribution < -0.4 is 0 Å². The van der Waals surface area contributed by atoms with E-state index in [1.807, 2.05) is 19.1 Å². The SMILES string of the molecule is COC(=O)/C(=N/CO)c1ccccc1CO/N=C(\C)c1ccc2c(c1)CCCC2. The minimum absolute atomic E-state index is 0.0598. The zero-order chi connectivity index (χ0) is 20.6. The van der Waals surface area contributed by atoms with Gasteiger partial charge in [-0.3, -0.25) is 0 Å². The van der Waals surface area contributed by atoms with Crippen molar-refractivity contribution in [1.29, 1.82) is 0 Å². The average Bonchev–Trinajstić information content (AvgIpc) is 2.77. The van der Waals surface area contributed by atoms with Gasteiger partial charge in [-0.2, -0.15) is 0 Å². The highest BCUT2D eigenvalue weighted by Crippen LogP contribution is 2.22. The molecule has 0 heterocycles. The van der Waals surface area contributed by atoms with E-state index >= 15 is 0 Å². The molecule has 0 aliphatic heterocycles. The molecule has 0 fully saturated rings. The Morgan fingerprint density at radius 1 is 1.10 bits per heavy atom. The van der Waals surface area contributed by atoms with Crippen molar-refractivity contribution in [3.05, 3.63) is 70.3 Å². The van der Waals surface area contributed by atoms with Crippen LogP contribution in [-0.2, 0) is 33.8 Å². The number of carbonyl (C=O) groups is 1. The van der Waals surface area contributed by atoms with Crippen LogP contribution >= 0.6 is 0 Å². The lowest BCUT2D eigenvalue weighted by molar-refractivity contribution is -0.132. The highest BCUT2D eigenvalue weighted by molar-refractivity contribution is 6.43. The standard InChI is InChI=1S/C23H26N2O4/c1-16(18-12-11-17-7-3-4-8-19(17)13-18)25-29-14-20-9-5-6-10-21(20)22(24-15-26)23(27)28-2/h5-6,9-13,26H,3-4,7-8,14-15H2,1-2H3/b24-22+,25-16+. The summed E-state index contributed by atoms with van der Waals surface area (Å²) in [6.45, 7) is 1.58. The fourth-order valence-corrected chi connectivity index (χ4v) is 3.51. The highest BCUT2D eigenvalue weighted by atomic mass is 16.6. The summed E-state index contributed by atoms with van der Waals surface area (Å²) in [6, 6.07) is 13.7. The Hall–Kier alpha value is -2.99. The number of aliphatic hydroxyl groups is 1. The molecule has 1 aliphatic rings. The number of rotatable bonds is 7. The lowest BCUT2D eigenvalue weighted by Gasteiger charge is -2.16. The van der Waals surface area contributed by atoms with E-state index in [9.17, 15) is 4.79 Å². The lowest BCUT2D eigenvalue weighted by atomic mass is 9.90. The Bertz CT molecular complexity index is 934. The van der Waals surface area contributed by atoms with Crippen molar-refractivity contribution < 1.29 is 19.5 Å². The molecular formula is C23H26N2O4. The molecule has 0 aromatic heterocycles. The fourth-order valence-electron chi connectivity index (χ4n) is 3.51. The molecule has 0 spiro atoms. The highest BCUT2D eigenvalue weighted by Gasteiger charge is 2.18. The molecule has 6 heteroatoms. The van der Waals surface area contributed by atoms with Gasteiger partial charge in [-0.1, -0.05) is 41.6 Å². The molecule has 1 aliphatic carbocycles. The summed E-state index contributed by atoms with van der Waals surface area (Å²) in [5, 5.41) is 13.4. The summed E-state index contributed by atoms with van der Waals surface area (Å²) in [4.78, 5) is 21.5. The maximum absolute atomic E-state index is 12.0. The van der Waals surface area contributed by atoms with Crippen LogP contribution in [0.2, 0.25) is 0 Å². The number of ether oxygens (including phenoxy) is 1. The molecule has 29 heavy (non-hydrogen) atoms. The molecule has 0 radical (unpaired) electrons. The van der Waals surface area contributed by atoms with E-state index in [2.05, 4.69) is 28.3 Å². The number of aryl methyl sites for hydroxylation is 2. The van der Waals surface area contributed by atoms with Gasteiger partial charge in [0.1, 0.15) is 13.3 Å². The Morgan fingerprint density at radius 2 is 1.86 bits per heavy atom. The van der Waals surface area contributed by atoms with E-state index < -0.39 is 12.7 Å². The van der Waals surface area contributed by atoms with Gasteiger partial charge in [-0.05, 0) is 55.4 Å². The second-order valence-corrected chi connectivity index (χ2v) is 6.94. The van der Waals surface area contributed by atoms with Crippen LogP contribution in [-0.4, -0.2) is 36.3 Å². The molecule has 0 atom stereocenters. The number of fused-ring (bicyclic) bond motifs is 1. The molecular weight excluding hydrogens is 368 g/mol. The molecule has 1 N–H and O–H groups in total. The number of esters is 1. The van der Waals surface area contributed by atoms with Crippen molar-refractivity contribution in [2.24, 2.45) is 10.1 Å². The largest absolute Gasteiger partial charge is 0.464 e. The van der Waals surface area contributed by atoms with E-state index in [0.717, 1.165) is 29.7 Å². The summed E-state index contributed by atoms with van der Waals surface area (Å²) >= 11 is 0. The van der Waals surface area contributed by atoms with Crippen LogP contribution in [0, 0.1) is 0 Å². The normalized spacial score (nSPS) is 14.3. The van der Waals surface area contributed by atoms with E-state index in [1.54, 1.807) is 12.1 Å². The lowest BCUT2D eigenvalue weighted by Crippen LogP contribution is -2.19. The van der Waals surface area contributed by atoms with E-state index in [-0.39, 0.29) is 12.3 Å². The Morgan fingerprint density at radius 3 is 2.62 bits per heavy atom. The maximum Gasteiger partial charge on any atom is 0.356 e. The van der Waals surface area contributed by atoms with Crippen LogP contribution in [0.25, 0.3) is 0 Å². The first-order chi connectivity index (χ1) is 14.1. The molecule has 0 bridgehead atoms. The number of hydrogen-bond donors (Lipinski definition) is 1. The summed E-state index contributed by atoms with van der Waals surface area (Å²) in [5.74, 6) is -0.611. The fraction of sp³-hybridized carbons (Fsp3) is 0.348. The zero-order valence-electron chi connectivity index (χ0n) is 16.9. The van der Waals surface area contributed by atoms with Gasteiger partial charge in [0, 0.05) is 11.1 Å². The predicted molar refractivity (Wildman–Crippen MR) is 112 cm³/mol. The monoisotopic (exact) mass is 394 g/mol. The van der Waals surface area contributed by atoms with E-state index in [4.69, 9.17) is 14.7 Å². The Kier molecular flexibility index (Phi) is 7.14. The average molecular weight is 394 g/mol. The van der Waals surface area contributed by atoms with Gasteiger partial charge in [0.05, 0.1) is 12.8 Å². The van der Waals surface area contributed by atoms with Crippen LogP contribution in [0.15, 0.2) is 52.6 Å². The smallest absolute Gasteiger partial charge is 0.356 e. The molecule has 0 saturated carbocycles. The summed E-state index contributed by atoms with van der Waals surface area (Å²) in [5.41, 5.74) is 6.02. The molecule has 152 valence electrons. The number of aliphatic hydroxyl groups excluding tert-OH is 1. The van der Waals surface area contributed by atoms with Gasteiger partial charge in [-0.15, -0.1) is 0 Å². The van der Waals surface area contributed by atoms with E-state index in [1.165, 1.54) is 31.1 Å².